The van der Waals surface area contributed by atoms with E-state index in [1.807, 2.05) is 13.0 Å². The maximum Gasteiger partial charge on any atom is 0.313 e. The molecule has 3 N–H and O–H groups in total. The standard InChI is InChI=1S/C15H24N4O2.C7H7NS/c1-5-10(3)9-19(6-2)15(21)14(20)18-12-7-11(4)13(16)17-8-12;1-3-4-7-6(2)9-5-8-7/h7-8,10H,5-6,9H2,1-4H3,(H2,16,17)(H,18,20);3-5H,1-2H2/b;7-4+. The molecule has 0 saturated carbocycles. The van der Waals surface area contributed by atoms with Gasteiger partial charge in [-0.1, -0.05) is 39.5 Å². The molecule has 2 aromatic heterocycles. The first-order valence-corrected chi connectivity index (χ1v) is 10.6. The van der Waals surface area contributed by atoms with Gasteiger partial charge < -0.3 is 16.0 Å². The molecule has 162 valence electrons. The minimum absolute atomic E-state index is 0.363. The highest BCUT2D eigenvalue weighted by Gasteiger charge is 2.22. The van der Waals surface area contributed by atoms with E-state index in [0.717, 1.165) is 21.9 Å². The van der Waals surface area contributed by atoms with Gasteiger partial charge in [-0.25, -0.2) is 9.97 Å². The predicted octanol–water partition coefficient (Wildman–Crippen LogP) is 2.33. The quantitative estimate of drug-likeness (QED) is 0.686. The largest absolute Gasteiger partial charge is 0.383 e. The van der Waals surface area contributed by atoms with E-state index in [9.17, 15) is 9.59 Å². The summed E-state index contributed by atoms with van der Waals surface area (Å²) in [7, 11) is 0. The van der Waals surface area contributed by atoms with Crippen LogP contribution in [0.1, 0.15) is 32.8 Å². The van der Waals surface area contributed by atoms with Gasteiger partial charge in [0.05, 0.1) is 22.7 Å². The summed E-state index contributed by atoms with van der Waals surface area (Å²) in [6, 6.07) is 1.69. The summed E-state index contributed by atoms with van der Waals surface area (Å²) >= 11 is 1.54. The SMILES string of the molecule is C=C/C=c1/ncsc1=C.CCC(C)CN(CC)C(=O)C(=O)Nc1cnc(N)c(C)c1. The second-order valence-corrected chi connectivity index (χ2v) is 7.74. The van der Waals surface area contributed by atoms with E-state index in [1.165, 1.54) is 6.20 Å². The summed E-state index contributed by atoms with van der Waals surface area (Å²) < 4.78 is 0.995. The predicted molar refractivity (Wildman–Crippen MR) is 125 cm³/mol. The molecule has 8 heteroatoms. The summed E-state index contributed by atoms with van der Waals surface area (Å²) in [4.78, 5) is 33.7. The molecule has 7 nitrogen and oxygen atoms in total. The highest BCUT2D eigenvalue weighted by atomic mass is 32.1. The number of hydrogen-bond acceptors (Lipinski definition) is 6. The van der Waals surface area contributed by atoms with Gasteiger partial charge in [-0.05, 0) is 37.5 Å². The minimum atomic E-state index is -0.647. The Bertz CT molecular complexity index is 970. The molecule has 0 aliphatic carbocycles. The second kappa shape index (κ2) is 12.5. The van der Waals surface area contributed by atoms with Crippen LogP contribution in [0.5, 0.6) is 0 Å². The van der Waals surface area contributed by atoms with Crippen molar-refractivity contribution in [1.82, 2.24) is 14.9 Å². The molecule has 0 radical (unpaired) electrons. The Morgan fingerprint density at radius 3 is 2.57 bits per heavy atom. The number of nitrogen functional groups attached to an aromatic ring is 1. The number of nitrogens with zero attached hydrogens (tertiary/aromatic N) is 3. The average Bonchev–Trinajstić information content (AvgIpc) is 3.13. The molecule has 2 rings (SSSR count). The molecule has 0 fully saturated rings. The number of likely N-dealkylation sites (N-methyl/N-ethyl adjacent to an activating group) is 1. The first-order valence-electron chi connectivity index (χ1n) is 9.76. The maximum atomic E-state index is 12.2. The van der Waals surface area contributed by atoms with Crippen LogP contribution in [-0.2, 0) is 9.59 Å². The lowest BCUT2D eigenvalue weighted by Gasteiger charge is -2.23. The summed E-state index contributed by atoms with van der Waals surface area (Å²) in [5.41, 5.74) is 8.62. The van der Waals surface area contributed by atoms with E-state index in [2.05, 4.69) is 42.3 Å². The van der Waals surface area contributed by atoms with Gasteiger partial charge in [0.15, 0.2) is 0 Å². The summed E-state index contributed by atoms with van der Waals surface area (Å²) in [5, 5.41) is 3.49. The summed E-state index contributed by atoms with van der Waals surface area (Å²) in [5.74, 6) is -0.396. The second-order valence-electron chi connectivity index (χ2n) is 6.80. The number of thiazole rings is 1. The van der Waals surface area contributed by atoms with Crippen LogP contribution in [0.2, 0.25) is 0 Å². The van der Waals surface area contributed by atoms with Crippen LogP contribution in [0.25, 0.3) is 12.7 Å². The van der Waals surface area contributed by atoms with Crippen molar-refractivity contribution in [2.75, 3.05) is 24.1 Å². The number of allylic oxidation sites excluding steroid dienone is 1. The van der Waals surface area contributed by atoms with Gasteiger partial charge in [0, 0.05) is 17.6 Å². The van der Waals surface area contributed by atoms with Gasteiger partial charge in [-0.15, -0.1) is 11.3 Å². The van der Waals surface area contributed by atoms with Crippen molar-refractivity contribution >= 4 is 47.3 Å². The zero-order valence-electron chi connectivity index (χ0n) is 18.1. The fourth-order valence-electron chi connectivity index (χ4n) is 2.37. The van der Waals surface area contributed by atoms with E-state index >= 15 is 0 Å². The number of hydrogen-bond donors (Lipinski definition) is 2. The van der Waals surface area contributed by atoms with Crippen LogP contribution in [0, 0.1) is 12.8 Å². The van der Waals surface area contributed by atoms with Crippen LogP contribution < -0.4 is 20.9 Å². The molecule has 2 heterocycles. The van der Waals surface area contributed by atoms with Crippen molar-refractivity contribution in [2.24, 2.45) is 5.92 Å². The van der Waals surface area contributed by atoms with Crippen molar-refractivity contribution in [1.29, 1.82) is 0 Å². The van der Waals surface area contributed by atoms with Gasteiger partial charge >= 0.3 is 11.8 Å². The van der Waals surface area contributed by atoms with Crippen molar-refractivity contribution < 1.29 is 9.59 Å². The van der Waals surface area contributed by atoms with Crippen molar-refractivity contribution in [2.45, 2.75) is 34.1 Å². The third-order valence-corrected chi connectivity index (χ3v) is 5.12. The van der Waals surface area contributed by atoms with Crippen LogP contribution in [0.15, 0.2) is 30.4 Å². The van der Waals surface area contributed by atoms with Crippen molar-refractivity contribution in [3.05, 3.63) is 45.9 Å². The van der Waals surface area contributed by atoms with Crippen LogP contribution >= 0.6 is 11.3 Å². The van der Waals surface area contributed by atoms with Gasteiger partial charge in [0.2, 0.25) is 0 Å². The highest BCUT2D eigenvalue weighted by molar-refractivity contribution is 7.07. The Balaban J connectivity index is 0.000000414. The molecule has 0 aliphatic heterocycles. The number of carbonyl (C=O) groups excluding carboxylic acids is 2. The van der Waals surface area contributed by atoms with E-state index in [4.69, 9.17) is 5.73 Å². The zero-order valence-corrected chi connectivity index (χ0v) is 19.0. The Morgan fingerprint density at radius 1 is 1.37 bits per heavy atom. The lowest BCUT2D eigenvalue weighted by molar-refractivity contribution is -0.143. The number of nitrogens with two attached hydrogens (primary N) is 1. The van der Waals surface area contributed by atoms with E-state index in [-0.39, 0.29) is 0 Å². The number of pyridine rings is 1. The molecule has 30 heavy (non-hydrogen) atoms. The number of nitrogens with one attached hydrogen (secondary N) is 1. The highest BCUT2D eigenvalue weighted by Crippen LogP contribution is 2.13. The van der Waals surface area contributed by atoms with Crippen molar-refractivity contribution in [3.8, 4) is 0 Å². The molecular formula is C22H31N5O2S. The van der Waals surface area contributed by atoms with Crippen LogP contribution in [-0.4, -0.2) is 39.8 Å². The molecule has 2 amide bonds. The molecule has 0 aliphatic rings. The molecule has 0 saturated heterocycles. The topological polar surface area (TPSA) is 101 Å². The first-order chi connectivity index (χ1) is 14.2. The van der Waals surface area contributed by atoms with Crippen LogP contribution in [0.4, 0.5) is 11.5 Å². The normalized spacial score (nSPS) is 11.8. The third kappa shape index (κ3) is 7.79. The van der Waals surface area contributed by atoms with Crippen molar-refractivity contribution in [3.63, 3.8) is 0 Å². The Morgan fingerprint density at radius 2 is 2.07 bits per heavy atom. The molecule has 0 spiro atoms. The smallest absolute Gasteiger partial charge is 0.313 e. The van der Waals surface area contributed by atoms with E-state index < -0.39 is 11.8 Å². The first kappa shape index (κ1) is 25.0. The molecule has 1 unspecified atom stereocenters. The average molecular weight is 430 g/mol. The number of amides is 2. The molecule has 0 bridgehead atoms. The molecular weight excluding hydrogens is 398 g/mol. The fourth-order valence-corrected chi connectivity index (χ4v) is 2.90. The maximum absolute atomic E-state index is 12.2. The summed E-state index contributed by atoms with van der Waals surface area (Å²) in [6.07, 6.45) is 5.97. The number of aromatic nitrogens is 2. The Hall–Kier alpha value is -3.00. The van der Waals surface area contributed by atoms with E-state index in [0.29, 0.717) is 30.5 Å². The van der Waals surface area contributed by atoms with Gasteiger partial charge in [-0.3, -0.25) is 9.59 Å². The molecule has 0 aromatic carbocycles. The minimum Gasteiger partial charge on any atom is -0.383 e. The molecule has 2 aromatic rings. The summed E-state index contributed by atoms with van der Waals surface area (Å²) in [6.45, 7) is 16.2. The van der Waals surface area contributed by atoms with E-state index in [1.54, 1.807) is 40.8 Å². The van der Waals surface area contributed by atoms with Gasteiger partial charge in [0.1, 0.15) is 5.82 Å². The number of carbonyl (C=O) groups is 2. The number of aryl methyl sites for hydroxylation is 1. The zero-order chi connectivity index (χ0) is 22.7. The fraction of sp³-hybridized carbons (Fsp3) is 0.364. The van der Waals surface area contributed by atoms with Gasteiger partial charge in [-0.2, -0.15) is 0 Å². The molecule has 1 atom stereocenters. The monoisotopic (exact) mass is 429 g/mol. The lowest BCUT2D eigenvalue weighted by atomic mass is 10.1. The van der Waals surface area contributed by atoms with Gasteiger partial charge in [0.25, 0.3) is 0 Å². The Labute approximate surface area is 182 Å². The van der Waals surface area contributed by atoms with Crippen LogP contribution in [0.3, 0.4) is 0 Å². The number of rotatable bonds is 6. The number of anilines is 2. The third-order valence-electron chi connectivity index (χ3n) is 4.42. The Kier molecular flexibility index (Phi) is 10.5. The lowest BCUT2D eigenvalue weighted by Crippen LogP contribution is -2.41.